The van der Waals surface area contributed by atoms with E-state index in [0.717, 1.165) is 43.4 Å². The van der Waals surface area contributed by atoms with Crippen LogP contribution in [0.4, 0.5) is 5.69 Å². The molecule has 140 valence electrons. The number of carbonyl (C=O) groups excluding carboxylic acids is 1. The molecule has 0 bridgehead atoms. The minimum absolute atomic E-state index is 0.0783. The van der Waals surface area contributed by atoms with Crippen LogP contribution in [0.15, 0.2) is 24.3 Å². The Morgan fingerprint density at radius 2 is 1.92 bits per heavy atom. The van der Waals surface area contributed by atoms with E-state index < -0.39 is 0 Å². The Morgan fingerprint density at radius 1 is 1.19 bits per heavy atom. The summed E-state index contributed by atoms with van der Waals surface area (Å²) in [4.78, 5) is 14.7. The van der Waals surface area contributed by atoms with Gasteiger partial charge in [0.05, 0.1) is 13.2 Å². The van der Waals surface area contributed by atoms with Gasteiger partial charge in [0.25, 0.3) is 0 Å². The van der Waals surface area contributed by atoms with Crippen LogP contribution in [0.1, 0.15) is 70.8 Å². The first-order chi connectivity index (χ1) is 12.6. The van der Waals surface area contributed by atoms with Gasteiger partial charge in [0.1, 0.15) is 11.4 Å². The maximum absolute atomic E-state index is 11.3. The van der Waals surface area contributed by atoms with Crippen LogP contribution >= 0.6 is 0 Å². The summed E-state index contributed by atoms with van der Waals surface area (Å²) in [6.07, 6.45) is 12.4. The van der Waals surface area contributed by atoms with Crippen molar-refractivity contribution in [2.75, 3.05) is 6.61 Å². The van der Waals surface area contributed by atoms with Crippen LogP contribution in [0.5, 0.6) is 5.75 Å². The van der Waals surface area contributed by atoms with Gasteiger partial charge in [-0.2, -0.15) is 0 Å². The molecule has 1 aromatic carbocycles. The Kier molecular flexibility index (Phi) is 7.72. The van der Waals surface area contributed by atoms with Crippen molar-refractivity contribution in [1.82, 2.24) is 0 Å². The summed E-state index contributed by atoms with van der Waals surface area (Å²) in [6, 6.07) is 5.57. The fourth-order valence-corrected chi connectivity index (χ4v) is 3.20. The zero-order valence-corrected chi connectivity index (χ0v) is 15.9. The molecule has 0 amide bonds. The van der Waals surface area contributed by atoms with E-state index in [2.05, 4.69) is 23.9 Å². The fourth-order valence-electron chi connectivity index (χ4n) is 3.20. The van der Waals surface area contributed by atoms with Crippen molar-refractivity contribution in [2.24, 2.45) is 0 Å². The van der Waals surface area contributed by atoms with E-state index in [9.17, 15) is 4.79 Å². The van der Waals surface area contributed by atoms with Crippen LogP contribution in [0.25, 0.3) is 10.9 Å². The number of hydrogen-bond donors (Lipinski definition) is 0. The third-order valence-electron chi connectivity index (χ3n) is 4.69. The number of esters is 1. The summed E-state index contributed by atoms with van der Waals surface area (Å²) >= 11 is 0. The molecule has 0 saturated heterocycles. The number of rotatable bonds is 10. The number of nitrogens with zero attached hydrogens (tertiary/aromatic N) is 1. The first kappa shape index (κ1) is 20.0. The lowest BCUT2D eigenvalue weighted by atomic mass is 9.93. The lowest BCUT2D eigenvalue weighted by Gasteiger charge is -2.32. The number of hydrogen-bond acceptors (Lipinski definition) is 3. The van der Waals surface area contributed by atoms with E-state index in [-0.39, 0.29) is 11.6 Å². The summed E-state index contributed by atoms with van der Waals surface area (Å²) in [6.45, 7) is 11.5. The lowest BCUT2D eigenvalue weighted by molar-refractivity contribution is -0.143. The largest absolute Gasteiger partial charge is 0.483 e. The van der Waals surface area contributed by atoms with Gasteiger partial charge in [-0.25, -0.2) is 4.85 Å². The monoisotopic (exact) mass is 355 g/mol. The van der Waals surface area contributed by atoms with Crippen LogP contribution in [0.2, 0.25) is 0 Å². The SMILES string of the molecule is [C-]#[N+]c1ccc2c(c1)C=CC(C)(CCCCCCCCC(=O)OCC)O2. The summed E-state index contributed by atoms with van der Waals surface area (Å²) in [7, 11) is 0. The standard InChI is InChI=1S/C22H29NO3/c1-4-25-21(24)11-9-7-5-6-8-10-15-22(2)16-14-18-17-19(23-3)12-13-20(18)26-22/h12-14,16-17H,4-11,15H2,1-2H3. The van der Waals surface area contributed by atoms with Crippen molar-refractivity contribution in [1.29, 1.82) is 0 Å². The summed E-state index contributed by atoms with van der Waals surface area (Å²) in [5.74, 6) is 0.784. The minimum Gasteiger partial charge on any atom is -0.483 e. The molecule has 4 heteroatoms. The predicted molar refractivity (Wildman–Crippen MR) is 104 cm³/mol. The first-order valence-corrected chi connectivity index (χ1v) is 9.62. The highest BCUT2D eigenvalue weighted by molar-refractivity contribution is 5.69. The van der Waals surface area contributed by atoms with Crippen LogP contribution in [-0.2, 0) is 9.53 Å². The van der Waals surface area contributed by atoms with Gasteiger partial charge in [-0.3, -0.25) is 4.79 Å². The molecule has 26 heavy (non-hydrogen) atoms. The van der Waals surface area contributed by atoms with E-state index in [1.807, 2.05) is 25.1 Å². The van der Waals surface area contributed by atoms with Crippen LogP contribution in [-0.4, -0.2) is 18.2 Å². The van der Waals surface area contributed by atoms with Crippen LogP contribution in [0.3, 0.4) is 0 Å². The maximum Gasteiger partial charge on any atom is 0.305 e. The molecule has 1 aliphatic rings. The molecule has 1 unspecified atom stereocenters. The summed E-state index contributed by atoms with van der Waals surface area (Å²) in [5, 5.41) is 0. The molecule has 1 aliphatic heterocycles. The highest BCUT2D eigenvalue weighted by atomic mass is 16.5. The second-order valence-corrected chi connectivity index (χ2v) is 7.01. The molecular weight excluding hydrogens is 326 g/mol. The third kappa shape index (κ3) is 6.22. The van der Waals surface area contributed by atoms with E-state index in [1.165, 1.54) is 12.8 Å². The molecule has 0 spiro atoms. The fraction of sp³-hybridized carbons (Fsp3) is 0.545. The number of carbonyl (C=O) groups is 1. The Balaban J connectivity index is 1.63. The van der Waals surface area contributed by atoms with Crippen LogP contribution in [0, 0.1) is 6.57 Å². The smallest absolute Gasteiger partial charge is 0.305 e. The summed E-state index contributed by atoms with van der Waals surface area (Å²) in [5.41, 5.74) is 1.36. The van der Waals surface area contributed by atoms with Gasteiger partial charge in [0.2, 0.25) is 0 Å². The zero-order valence-electron chi connectivity index (χ0n) is 15.9. The quantitative estimate of drug-likeness (QED) is 0.290. The Morgan fingerprint density at radius 3 is 2.65 bits per heavy atom. The third-order valence-corrected chi connectivity index (χ3v) is 4.69. The van der Waals surface area contributed by atoms with Crippen molar-refractivity contribution >= 4 is 17.7 Å². The van der Waals surface area contributed by atoms with Gasteiger partial charge < -0.3 is 9.47 Å². The van der Waals surface area contributed by atoms with Gasteiger partial charge >= 0.3 is 5.97 Å². The van der Waals surface area contributed by atoms with E-state index in [4.69, 9.17) is 16.0 Å². The molecule has 2 rings (SSSR count). The zero-order chi connectivity index (χ0) is 18.8. The molecule has 0 aromatic heterocycles. The first-order valence-electron chi connectivity index (χ1n) is 9.62. The molecule has 0 saturated carbocycles. The number of ether oxygens (including phenoxy) is 2. The number of fused-ring (bicyclic) bond motifs is 1. The molecule has 1 aromatic rings. The van der Waals surface area contributed by atoms with Gasteiger partial charge in [0, 0.05) is 12.0 Å². The second kappa shape index (κ2) is 10.0. The number of benzene rings is 1. The Bertz CT molecular complexity index is 674. The molecule has 4 nitrogen and oxygen atoms in total. The topological polar surface area (TPSA) is 39.9 Å². The van der Waals surface area contributed by atoms with Gasteiger partial charge in [0.15, 0.2) is 5.69 Å². The highest BCUT2D eigenvalue weighted by Gasteiger charge is 2.26. The maximum atomic E-state index is 11.3. The normalized spacial score (nSPS) is 17.9. The Hall–Kier alpha value is -2.28. The van der Waals surface area contributed by atoms with Gasteiger partial charge in [-0.1, -0.05) is 37.8 Å². The molecule has 0 aliphatic carbocycles. The highest BCUT2D eigenvalue weighted by Crippen LogP contribution is 2.35. The number of unbranched alkanes of at least 4 members (excludes halogenated alkanes) is 5. The van der Waals surface area contributed by atoms with E-state index >= 15 is 0 Å². The molecule has 0 fully saturated rings. The molecule has 0 N–H and O–H groups in total. The molecule has 1 heterocycles. The van der Waals surface area contributed by atoms with Crippen molar-refractivity contribution in [3.05, 3.63) is 41.3 Å². The Labute approximate surface area is 157 Å². The molecule has 1 atom stereocenters. The molecule has 0 radical (unpaired) electrons. The minimum atomic E-state index is -0.267. The van der Waals surface area contributed by atoms with E-state index in [1.54, 1.807) is 0 Å². The van der Waals surface area contributed by atoms with Gasteiger partial charge in [-0.05, 0) is 51.3 Å². The van der Waals surface area contributed by atoms with Crippen molar-refractivity contribution < 1.29 is 14.3 Å². The average molecular weight is 355 g/mol. The second-order valence-electron chi connectivity index (χ2n) is 7.01. The molecular formula is C22H29NO3. The average Bonchev–Trinajstić information content (AvgIpc) is 2.63. The van der Waals surface area contributed by atoms with Crippen molar-refractivity contribution in [3.8, 4) is 5.75 Å². The van der Waals surface area contributed by atoms with Crippen LogP contribution < -0.4 is 4.74 Å². The van der Waals surface area contributed by atoms with Gasteiger partial charge in [-0.15, -0.1) is 0 Å². The van der Waals surface area contributed by atoms with Crippen molar-refractivity contribution in [3.63, 3.8) is 0 Å². The lowest BCUT2D eigenvalue weighted by Crippen LogP contribution is -2.31. The van der Waals surface area contributed by atoms with E-state index in [0.29, 0.717) is 18.7 Å². The predicted octanol–water partition coefficient (Wildman–Crippen LogP) is 6.09. The summed E-state index contributed by atoms with van der Waals surface area (Å²) < 4.78 is 11.1. The van der Waals surface area contributed by atoms with Crippen molar-refractivity contribution in [2.45, 2.75) is 70.8 Å².